The van der Waals surface area contributed by atoms with Crippen LogP contribution in [-0.4, -0.2) is 51.4 Å². The van der Waals surface area contributed by atoms with Crippen LogP contribution < -0.4 is 5.32 Å². The predicted molar refractivity (Wildman–Crippen MR) is 108 cm³/mol. The van der Waals surface area contributed by atoms with Crippen molar-refractivity contribution < 1.29 is 18.3 Å². The summed E-state index contributed by atoms with van der Waals surface area (Å²) in [6.45, 7) is 3.43. The number of benzene rings is 1. The minimum Gasteiger partial charge on any atom is -0.507 e. The summed E-state index contributed by atoms with van der Waals surface area (Å²) in [5.74, 6) is 0.0371. The molecule has 1 aliphatic rings. The van der Waals surface area contributed by atoms with E-state index in [1.165, 1.54) is 6.92 Å². The van der Waals surface area contributed by atoms with Crippen LogP contribution >= 0.6 is 0 Å². The fourth-order valence-electron chi connectivity index (χ4n) is 3.99. The van der Waals surface area contributed by atoms with Gasteiger partial charge in [-0.2, -0.15) is 13.2 Å². The summed E-state index contributed by atoms with van der Waals surface area (Å²) >= 11 is 0. The SMILES string of the molecule is Cc1cc(C(F)(F)F)cc(O)c1-c1nnc(NC2CCCN(C)C2)c2ncccc12. The smallest absolute Gasteiger partial charge is 0.416 e. The second-order valence-corrected chi connectivity index (χ2v) is 7.73. The molecule has 0 aliphatic carbocycles. The number of anilines is 1. The number of aromatic nitrogens is 3. The van der Waals surface area contributed by atoms with Crippen LogP contribution in [0.4, 0.5) is 19.0 Å². The second kappa shape index (κ2) is 7.71. The first kappa shape index (κ1) is 20.3. The molecule has 2 aromatic heterocycles. The number of hydrogen-bond donors (Lipinski definition) is 2. The third kappa shape index (κ3) is 3.89. The summed E-state index contributed by atoms with van der Waals surface area (Å²) in [7, 11) is 2.06. The van der Waals surface area contributed by atoms with Crippen molar-refractivity contribution in [3.05, 3.63) is 41.6 Å². The number of likely N-dealkylation sites (tertiary alicyclic amines) is 1. The summed E-state index contributed by atoms with van der Waals surface area (Å²) in [4.78, 5) is 6.67. The quantitative estimate of drug-likeness (QED) is 0.664. The van der Waals surface area contributed by atoms with Crippen LogP contribution in [0.3, 0.4) is 0 Å². The van der Waals surface area contributed by atoms with Gasteiger partial charge in [0.1, 0.15) is 17.0 Å². The molecule has 1 unspecified atom stereocenters. The van der Waals surface area contributed by atoms with Crippen molar-refractivity contribution in [1.82, 2.24) is 20.1 Å². The summed E-state index contributed by atoms with van der Waals surface area (Å²) in [6.07, 6.45) is -0.840. The van der Waals surface area contributed by atoms with E-state index in [1.807, 2.05) is 0 Å². The highest BCUT2D eigenvalue weighted by Gasteiger charge is 2.32. The number of fused-ring (bicyclic) bond motifs is 1. The van der Waals surface area contributed by atoms with Crippen molar-refractivity contribution in [3.8, 4) is 17.0 Å². The number of pyridine rings is 1. The van der Waals surface area contributed by atoms with Gasteiger partial charge in [0.05, 0.1) is 5.56 Å². The summed E-state index contributed by atoms with van der Waals surface area (Å²) in [6, 6.07) is 5.43. The molecule has 0 spiro atoms. The number of phenolic OH excluding ortho intramolecular Hbond substituents is 1. The van der Waals surface area contributed by atoms with Gasteiger partial charge >= 0.3 is 6.18 Å². The molecule has 6 nitrogen and oxygen atoms in total. The fourth-order valence-corrected chi connectivity index (χ4v) is 3.99. The molecular weight excluding hydrogens is 395 g/mol. The van der Waals surface area contributed by atoms with Crippen molar-refractivity contribution in [2.24, 2.45) is 0 Å². The number of hydrogen-bond acceptors (Lipinski definition) is 6. The first-order valence-electron chi connectivity index (χ1n) is 9.71. The van der Waals surface area contributed by atoms with Crippen LogP contribution in [0.15, 0.2) is 30.5 Å². The predicted octanol–water partition coefficient (Wildman–Crippen LogP) is 4.23. The maximum absolute atomic E-state index is 13.1. The average molecular weight is 417 g/mol. The molecule has 0 saturated carbocycles. The summed E-state index contributed by atoms with van der Waals surface area (Å²) in [5.41, 5.74) is 0.438. The number of nitrogens with zero attached hydrogens (tertiary/aromatic N) is 4. The molecule has 1 saturated heterocycles. The van der Waals surface area contributed by atoms with E-state index in [0.29, 0.717) is 22.4 Å². The summed E-state index contributed by atoms with van der Waals surface area (Å²) < 4.78 is 39.2. The maximum Gasteiger partial charge on any atom is 0.416 e. The van der Waals surface area contributed by atoms with E-state index in [2.05, 4.69) is 32.4 Å². The van der Waals surface area contributed by atoms with Gasteiger partial charge in [-0.05, 0) is 63.2 Å². The number of nitrogens with one attached hydrogen (secondary N) is 1. The van der Waals surface area contributed by atoms with Gasteiger partial charge in [0.2, 0.25) is 0 Å². The molecule has 1 aromatic carbocycles. The molecule has 0 radical (unpaired) electrons. The third-order valence-electron chi connectivity index (χ3n) is 5.38. The Bertz CT molecular complexity index is 1060. The van der Waals surface area contributed by atoms with Crippen LogP contribution in [-0.2, 0) is 6.18 Å². The Morgan fingerprint density at radius 2 is 2.03 bits per heavy atom. The van der Waals surface area contributed by atoms with Gasteiger partial charge in [-0.25, -0.2) is 0 Å². The zero-order valence-electron chi connectivity index (χ0n) is 16.7. The summed E-state index contributed by atoms with van der Waals surface area (Å²) in [5, 5.41) is 23.0. The van der Waals surface area contributed by atoms with Crippen LogP contribution in [0.25, 0.3) is 22.2 Å². The van der Waals surface area contributed by atoms with Crippen LogP contribution in [0.5, 0.6) is 5.75 Å². The van der Waals surface area contributed by atoms with Crippen molar-refractivity contribution in [3.63, 3.8) is 0 Å². The van der Waals surface area contributed by atoms with Gasteiger partial charge in [-0.1, -0.05) is 0 Å². The number of alkyl halides is 3. The molecule has 4 rings (SSSR count). The van der Waals surface area contributed by atoms with Crippen molar-refractivity contribution in [2.45, 2.75) is 32.0 Å². The topological polar surface area (TPSA) is 74.2 Å². The molecule has 2 N–H and O–H groups in total. The first-order chi connectivity index (χ1) is 14.2. The molecule has 0 amide bonds. The third-order valence-corrected chi connectivity index (χ3v) is 5.38. The number of piperidine rings is 1. The highest BCUT2D eigenvalue weighted by atomic mass is 19.4. The van der Waals surface area contributed by atoms with Crippen molar-refractivity contribution in [2.75, 3.05) is 25.5 Å². The van der Waals surface area contributed by atoms with Crippen LogP contribution in [0.2, 0.25) is 0 Å². The van der Waals surface area contributed by atoms with E-state index in [1.54, 1.807) is 18.3 Å². The Kier molecular flexibility index (Phi) is 5.23. The lowest BCUT2D eigenvalue weighted by atomic mass is 9.98. The zero-order chi connectivity index (χ0) is 21.5. The average Bonchev–Trinajstić information content (AvgIpc) is 2.68. The molecule has 0 bridgehead atoms. The molecule has 9 heteroatoms. The van der Waals surface area contributed by atoms with E-state index in [9.17, 15) is 18.3 Å². The van der Waals surface area contributed by atoms with E-state index in [-0.39, 0.29) is 17.2 Å². The molecule has 30 heavy (non-hydrogen) atoms. The van der Waals surface area contributed by atoms with Crippen LogP contribution in [0.1, 0.15) is 24.0 Å². The molecule has 158 valence electrons. The van der Waals surface area contributed by atoms with Gasteiger partial charge in [-0.3, -0.25) is 4.98 Å². The Balaban J connectivity index is 1.79. The first-order valence-corrected chi connectivity index (χ1v) is 9.71. The highest BCUT2D eigenvalue weighted by Crippen LogP contribution is 2.40. The normalized spacial score (nSPS) is 18.0. The Morgan fingerprint density at radius 3 is 2.73 bits per heavy atom. The minimum absolute atomic E-state index is 0.204. The van der Waals surface area contributed by atoms with E-state index >= 15 is 0 Å². The number of phenols is 1. The largest absolute Gasteiger partial charge is 0.507 e. The van der Waals surface area contributed by atoms with Gasteiger partial charge in [-0.15, -0.1) is 10.2 Å². The van der Waals surface area contributed by atoms with Gasteiger partial charge in [0.15, 0.2) is 5.82 Å². The minimum atomic E-state index is -4.54. The fraction of sp³-hybridized carbons (Fsp3) is 0.381. The number of likely N-dealkylation sites (N-methyl/N-ethyl adjacent to an activating group) is 1. The molecule has 1 aliphatic heterocycles. The Morgan fingerprint density at radius 1 is 1.23 bits per heavy atom. The van der Waals surface area contributed by atoms with Gasteiger partial charge < -0.3 is 15.3 Å². The monoisotopic (exact) mass is 417 g/mol. The maximum atomic E-state index is 13.1. The molecule has 3 aromatic rings. The van der Waals surface area contributed by atoms with E-state index < -0.39 is 17.5 Å². The lowest BCUT2D eigenvalue weighted by Gasteiger charge is -2.30. The highest BCUT2D eigenvalue weighted by molar-refractivity contribution is 5.99. The number of aryl methyl sites for hydroxylation is 1. The number of aromatic hydroxyl groups is 1. The van der Waals surface area contributed by atoms with Crippen molar-refractivity contribution in [1.29, 1.82) is 0 Å². The van der Waals surface area contributed by atoms with E-state index in [4.69, 9.17) is 0 Å². The molecule has 1 fully saturated rings. The molecule has 1 atom stereocenters. The Labute approximate surface area is 171 Å². The zero-order valence-corrected chi connectivity index (χ0v) is 16.7. The van der Waals surface area contributed by atoms with E-state index in [0.717, 1.165) is 38.1 Å². The lowest BCUT2D eigenvalue weighted by molar-refractivity contribution is -0.137. The van der Waals surface area contributed by atoms with Gasteiger partial charge in [0.25, 0.3) is 0 Å². The Hall–Kier alpha value is -2.94. The second-order valence-electron chi connectivity index (χ2n) is 7.73. The lowest BCUT2D eigenvalue weighted by Crippen LogP contribution is -2.40. The standard InChI is InChI=1S/C21H22F3N5O/c1-12-9-13(21(22,23)24)10-16(30)17(12)18-15-6-3-7-25-19(15)20(28-27-18)26-14-5-4-8-29(2)11-14/h3,6-7,9-10,14,30H,4-5,8,11H2,1-2H3,(H,26,28). The van der Waals surface area contributed by atoms with Crippen LogP contribution in [0, 0.1) is 6.92 Å². The molecule has 3 heterocycles. The van der Waals surface area contributed by atoms with Gasteiger partial charge in [0, 0.05) is 29.7 Å². The number of halogens is 3. The van der Waals surface area contributed by atoms with Crippen molar-refractivity contribution >= 4 is 16.7 Å². The number of rotatable bonds is 3. The molecular formula is C21H22F3N5O.